The van der Waals surface area contributed by atoms with Gasteiger partial charge in [0.15, 0.2) is 0 Å². The van der Waals surface area contributed by atoms with Crippen molar-refractivity contribution < 1.29 is 5.11 Å². The molecule has 1 heterocycles. The number of piperidine rings is 1. The molecule has 0 radical (unpaired) electrons. The number of aliphatic hydroxyl groups excluding tert-OH is 1. The Morgan fingerprint density at radius 3 is 2.44 bits per heavy atom. The van der Waals surface area contributed by atoms with Crippen LogP contribution in [0.3, 0.4) is 0 Å². The zero-order valence-corrected chi connectivity index (χ0v) is 11.3. The van der Waals surface area contributed by atoms with E-state index in [0.717, 1.165) is 25.9 Å². The molecule has 1 aromatic rings. The lowest BCUT2D eigenvalue weighted by Gasteiger charge is -2.39. The zero-order valence-electron chi connectivity index (χ0n) is 11.3. The van der Waals surface area contributed by atoms with E-state index in [2.05, 4.69) is 43.0 Å². The fourth-order valence-corrected chi connectivity index (χ4v) is 2.90. The maximum Gasteiger partial charge on any atom is 0.0564 e. The fourth-order valence-electron chi connectivity index (χ4n) is 2.90. The third-order valence-electron chi connectivity index (χ3n) is 3.90. The van der Waals surface area contributed by atoms with Crippen molar-refractivity contribution in [2.75, 3.05) is 13.1 Å². The van der Waals surface area contributed by atoms with Gasteiger partial charge >= 0.3 is 0 Å². The summed E-state index contributed by atoms with van der Waals surface area (Å²) >= 11 is 0. The van der Waals surface area contributed by atoms with Crippen LogP contribution >= 0.6 is 0 Å². The van der Waals surface area contributed by atoms with Crippen LogP contribution in [0.4, 0.5) is 0 Å². The summed E-state index contributed by atoms with van der Waals surface area (Å²) in [4.78, 5) is 2.42. The molecule has 2 rings (SSSR count). The summed E-state index contributed by atoms with van der Waals surface area (Å²) in [5, 5.41) is 9.61. The minimum atomic E-state index is -0.133. The number of rotatable bonds is 3. The van der Waals surface area contributed by atoms with Gasteiger partial charge in [0.05, 0.1) is 6.10 Å². The molecule has 0 bridgehead atoms. The average Bonchev–Trinajstić information content (AvgIpc) is 2.34. The van der Waals surface area contributed by atoms with Gasteiger partial charge in [-0.05, 0) is 37.8 Å². The summed E-state index contributed by atoms with van der Waals surface area (Å²) in [5.41, 5.74) is 8.82. The molecule has 100 valence electrons. The molecule has 0 aliphatic carbocycles. The molecule has 2 atom stereocenters. The molecule has 1 fully saturated rings. The Hall–Kier alpha value is -0.900. The molecule has 3 nitrogen and oxygen atoms in total. The monoisotopic (exact) mass is 248 g/mol. The second kappa shape index (κ2) is 5.83. The molecular weight excluding hydrogens is 224 g/mol. The standard InChI is InChI=1S/C15H24N2O/c1-11-5-3-4-6-14(11)15(12(2)16)17-9-7-13(18)8-10-17/h3-6,12-13,15,18H,7-10,16H2,1-2H3. The van der Waals surface area contributed by atoms with Gasteiger partial charge in [-0.3, -0.25) is 4.90 Å². The number of aliphatic hydroxyl groups is 1. The molecule has 3 N–H and O–H groups in total. The maximum atomic E-state index is 9.61. The van der Waals surface area contributed by atoms with Crippen molar-refractivity contribution in [2.24, 2.45) is 5.73 Å². The van der Waals surface area contributed by atoms with Gasteiger partial charge < -0.3 is 10.8 Å². The van der Waals surface area contributed by atoms with Gasteiger partial charge in [0, 0.05) is 25.2 Å². The van der Waals surface area contributed by atoms with E-state index in [1.165, 1.54) is 11.1 Å². The van der Waals surface area contributed by atoms with Crippen molar-refractivity contribution in [3.63, 3.8) is 0 Å². The SMILES string of the molecule is Cc1ccccc1C(C(C)N)N1CCC(O)CC1. The van der Waals surface area contributed by atoms with Crippen LogP contribution in [0.1, 0.15) is 36.9 Å². The highest BCUT2D eigenvalue weighted by atomic mass is 16.3. The highest BCUT2D eigenvalue weighted by Crippen LogP contribution is 2.28. The molecule has 0 spiro atoms. The first-order valence-electron chi connectivity index (χ1n) is 6.83. The third-order valence-corrected chi connectivity index (χ3v) is 3.90. The molecule has 1 saturated heterocycles. The third kappa shape index (κ3) is 2.91. The summed E-state index contributed by atoms with van der Waals surface area (Å²) in [6, 6.07) is 8.82. The minimum absolute atomic E-state index is 0.0985. The number of aryl methyl sites for hydroxylation is 1. The summed E-state index contributed by atoms with van der Waals surface area (Å²) < 4.78 is 0. The van der Waals surface area contributed by atoms with Crippen molar-refractivity contribution >= 4 is 0 Å². The molecule has 2 unspecified atom stereocenters. The van der Waals surface area contributed by atoms with Crippen LogP contribution in [-0.2, 0) is 0 Å². The smallest absolute Gasteiger partial charge is 0.0564 e. The number of benzene rings is 1. The van der Waals surface area contributed by atoms with E-state index in [1.54, 1.807) is 0 Å². The predicted molar refractivity (Wildman–Crippen MR) is 74.4 cm³/mol. The lowest BCUT2D eigenvalue weighted by atomic mass is 9.93. The van der Waals surface area contributed by atoms with E-state index in [9.17, 15) is 5.11 Å². The van der Waals surface area contributed by atoms with E-state index in [-0.39, 0.29) is 18.2 Å². The molecular formula is C15H24N2O. The Balaban J connectivity index is 2.21. The molecule has 0 aromatic heterocycles. The van der Waals surface area contributed by atoms with Crippen LogP contribution in [0.15, 0.2) is 24.3 Å². The van der Waals surface area contributed by atoms with Gasteiger partial charge in [0.2, 0.25) is 0 Å². The summed E-state index contributed by atoms with van der Waals surface area (Å²) in [6.07, 6.45) is 1.58. The van der Waals surface area contributed by atoms with E-state index >= 15 is 0 Å². The summed E-state index contributed by atoms with van der Waals surface area (Å²) in [5.74, 6) is 0. The van der Waals surface area contributed by atoms with Crippen molar-refractivity contribution in [2.45, 2.75) is 44.9 Å². The second-order valence-electron chi connectivity index (χ2n) is 5.43. The Labute approximate surface area is 110 Å². The quantitative estimate of drug-likeness (QED) is 0.858. The van der Waals surface area contributed by atoms with Crippen molar-refractivity contribution in [1.82, 2.24) is 4.90 Å². The largest absolute Gasteiger partial charge is 0.393 e. The van der Waals surface area contributed by atoms with E-state index in [4.69, 9.17) is 5.73 Å². The zero-order chi connectivity index (χ0) is 13.1. The van der Waals surface area contributed by atoms with Crippen LogP contribution in [0.5, 0.6) is 0 Å². The van der Waals surface area contributed by atoms with Crippen LogP contribution in [0.2, 0.25) is 0 Å². The summed E-state index contributed by atoms with van der Waals surface area (Å²) in [6.45, 7) is 6.08. The molecule has 18 heavy (non-hydrogen) atoms. The van der Waals surface area contributed by atoms with E-state index < -0.39 is 0 Å². The highest BCUT2D eigenvalue weighted by Gasteiger charge is 2.28. The molecule has 3 heteroatoms. The second-order valence-corrected chi connectivity index (χ2v) is 5.43. The topological polar surface area (TPSA) is 49.5 Å². The minimum Gasteiger partial charge on any atom is -0.393 e. The van der Waals surface area contributed by atoms with Gasteiger partial charge in [0.25, 0.3) is 0 Å². The first-order valence-corrected chi connectivity index (χ1v) is 6.83. The molecule has 1 aliphatic rings. The first-order chi connectivity index (χ1) is 8.59. The van der Waals surface area contributed by atoms with Crippen LogP contribution in [-0.4, -0.2) is 35.2 Å². The van der Waals surface area contributed by atoms with E-state index in [1.807, 2.05) is 0 Å². The van der Waals surface area contributed by atoms with Gasteiger partial charge in [-0.15, -0.1) is 0 Å². The van der Waals surface area contributed by atoms with Gasteiger partial charge in [-0.25, -0.2) is 0 Å². The van der Waals surface area contributed by atoms with Crippen molar-refractivity contribution in [3.8, 4) is 0 Å². The summed E-state index contributed by atoms with van der Waals surface area (Å²) in [7, 11) is 0. The fraction of sp³-hybridized carbons (Fsp3) is 0.600. The van der Waals surface area contributed by atoms with E-state index in [0.29, 0.717) is 0 Å². The van der Waals surface area contributed by atoms with Crippen LogP contribution in [0.25, 0.3) is 0 Å². The Morgan fingerprint density at radius 1 is 1.28 bits per heavy atom. The normalized spacial score (nSPS) is 21.8. The van der Waals surface area contributed by atoms with Crippen molar-refractivity contribution in [1.29, 1.82) is 0 Å². The number of nitrogens with zero attached hydrogens (tertiary/aromatic N) is 1. The number of hydrogen-bond acceptors (Lipinski definition) is 3. The Kier molecular flexibility index (Phi) is 4.38. The van der Waals surface area contributed by atoms with Crippen molar-refractivity contribution in [3.05, 3.63) is 35.4 Å². The molecule has 1 aliphatic heterocycles. The number of nitrogens with two attached hydrogens (primary N) is 1. The first kappa shape index (κ1) is 13.5. The maximum absolute atomic E-state index is 9.61. The number of likely N-dealkylation sites (tertiary alicyclic amines) is 1. The lowest BCUT2D eigenvalue weighted by molar-refractivity contribution is 0.0547. The Morgan fingerprint density at radius 2 is 1.89 bits per heavy atom. The molecule has 1 aromatic carbocycles. The molecule has 0 amide bonds. The highest BCUT2D eigenvalue weighted by molar-refractivity contribution is 5.30. The van der Waals surface area contributed by atoms with Crippen LogP contribution < -0.4 is 5.73 Å². The van der Waals surface area contributed by atoms with Gasteiger partial charge in [-0.1, -0.05) is 24.3 Å². The van der Waals surface area contributed by atoms with Crippen LogP contribution in [0, 0.1) is 6.92 Å². The average molecular weight is 248 g/mol. The predicted octanol–water partition coefficient (Wildman–Crippen LogP) is 1.84. The van der Waals surface area contributed by atoms with Gasteiger partial charge in [0.1, 0.15) is 0 Å². The molecule has 0 saturated carbocycles. The lowest BCUT2D eigenvalue weighted by Crippen LogP contribution is -2.44. The van der Waals surface area contributed by atoms with Gasteiger partial charge in [-0.2, -0.15) is 0 Å². The Bertz CT molecular complexity index is 384. The number of hydrogen-bond donors (Lipinski definition) is 2.